The summed E-state index contributed by atoms with van der Waals surface area (Å²) in [5, 5.41) is 16.9. The number of nitriles is 1. The van der Waals surface area contributed by atoms with Crippen LogP contribution >= 0.6 is 0 Å². The first-order chi connectivity index (χ1) is 34.9. The highest BCUT2D eigenvalue weighted by Gasteiger charge is 2.38. The summed E-state index contributed by atoms with van der Waals surface area (Å²) in [5.41, 5.74) is 16.0. The molecule has 1 aliphatic heterocycles. The van der Waals surface area contributed by atoms with E-state index in [9.17, 15) is 14.9 Å². The Hall–Kier alpha value is -9.77. The number of anilines is 1. The fourth-order valence-corrected chi connectivity index (χ4v) is 11.1. The SMILES string of the molecule is Cc1ccc(-n2c3ccccc3c3cc(-c4ccc5c(c4)c4cc(-c6ccc7c(c6)c6ccccc6n7-c6ccccc6)ccc4n5-c4ccc(C#N)cc4N4C(=O)c5ccccc5C4=O)ccc32)cc1. The fourth-order valence-electron chi connectivity index (χ4n) is 11.1. The molecule has 0 bridgehead atoms. The number of imide groups is 1. The average molecular weight is 910 g/mol. The molecule has 0 unspecified atom stereocenters. The third-order valence-corrected chi connectivity index (χ3v) is 14.5. The molecule has 0 saturated carbocycles. The molecule has 0 saturated heterocycles. The highest BCUT2D eigenvalue weighted by Crippen LogP contribution is 2.43. The third kappa shape index (κ3) is 6.02. The summed E-state index contributed by atoms with van der Waals surface area (Å²) in [6, 6.07) is 77.3. The van der Waals surface area contributed by atoms with Crippen LogP contribution in [-0.2, 0) is 0 Å². The molecule has 13 aromatic rings. The number of aromatic nitrogens is 3. The topological polar surface area (TPSA) is 76.0 Å². The van der Waals surface area contributed by atoms with Gasteiger partial charge in [0.05, 0.1) is 67.2 Å². The molecule has 0 spiro atoms. The van der Waals surface area contributed by atoms with E-state index < -0.39 is 11.8 Å². The van der Waals surface area contributed by atoms with Crippen molar-refractivity contribution in [2.24, 2.45) is 0 Å². The van der Waals surface area contributed by atoms with Crippen LogP contribution in [0, 0.1) is 18.3 Å². The fraction of sp³-hybridized carbons (Fsp3) is 0.0156. The molecule has 7 heteroatoms. The molecule has 2 amide bonds. The van der Waals surface area contributed by atoms with Crippen molar-refractivity contribution in [3.05, 3.63) is 241 Å². The van der Waals surface area contributed by atoms with Gasteiger partial charge in [-0.1, -0.05) is 109 Å². The Labute approximate surface area is 407 Å². The molecule has 7 nitrogen and oxygen atoms in total. The van der Waals surface area contributed by atoms with Crippen LogP contribution < -0.4 is 4.90 Å². The molecule has 0 N–H and O–H groups in total. The van der Waals surface area contributed by atoms with Gasteiger partial charge in [-0.15, -0.1) is 0 Å². The van der Waals surface area contributed by atoms with E-state index in [4.69, 9.17) is 0 Å². The number of benzene rings is 10. The number of rotatable bonds is 6. The number of carbonyl (C=O) groups is 2. The van der Waals surface area contributed by atoms with Gasteiger partial charge >= 0.3 is 0 Å². The lowest BCUT2D eigenvalue weighted by atomic mass is 9.98. The van der Waals surface area contributed by atoms with Crippen LogP contribution in [0.1, 0.15) is 31.8 Å². The Morgan fingerprint density at radius 3 is 1.25 bits per heavy atom. The van der Waals surface area contributed by atoms with E-state index >= 15 is 0 Å². The van der Waals surface area contributed by atoms with E-state index in [-0.39, 0.29) is 0 Å². The van der Waals surface area contributed by atoms with Crippen molar-refractivity contribution in [2.75, 3.05) is 4.90 Å². The van der Waals surface area contributed by atoms with Gasteiger partial charge in [0.1, 0.15) is 0 Å². The summed E-state index contributed by atoms with van der Waals surface area (Å²) in [6.45, 7) is 2.11. The summed E-state index contributed by atoms with van der Waals surface area (Å²) in [5.74, 6) is -0.842. The van der Waals surface area contributed by atoms with Crippen LogP contribution in [0.5, 0.6) is 0 Å². The lowest BCUT2D eigenvalue weighted by Crippen LogP contribution is -2.30. The molecular formula is C64H39N5O2. The maximum Gasteiger partial charge on any atom is 0.266 e. The molecule has 0 aliphatic carbocycles. The minimum absolute atomic E-state index is 0.338. The highest BCUT2D eigenvalue weighted by molar-refractivity contribution is 6.35. The summed E-state index contributed by atoms with van der Waals surface area (Å²) in [4.78, 5) is 29.6. The van der Waals surface area contributed by atoms with E-state index in [1.165, 1.54) is 21.2 Å². The number of hydrogen-bond acceptors (Lipinski definition) is 3. The largest absolute Gasteiger partial charge is 0.309 e. The molecule has 332 valence electrons. The van der Waals surface area contributed by atoms with Crippen LogP contribution in [0.2, 0.25) is 0 Å². The van der Waals surface area contributed by atoms with Crippen LogP contribution in [0.15, 0.2) is 218 Å². The van der Waals surface area contributed by atoms with Crippen molar-refractivity contribution in [3.8, 4) is 45.4 Å². The van der Waals surface area contributed by atoms with Gasteiger partial charge in [-0.25, -0.2) is 4.90 Å². The smallest absolute Gasteiger partial charge is 0.266 e. The lowest BCUT2D eigenvalue weighted by molar-refractivity contribution is 0.0926. The number of fused-ring (bicyclic) bond motifs is 10. The van der Waals surface area contributed by atoms with Gasteiger partial charge in [-0.3, -0.25) is 9.59 Å². The lowest BCUT2D eigenvalue weighted by Gasteiger charge is -2.20. The van der Waals surface area contributed by atoms with Crippen LogP contribution in [0.3, 0.4) is 0 Å². The van der Waals surface area contributed by atoms with Gasteiger partial charge in [-0.05, 0) is 144 Å². The second-order valence-electron chi connectivity index (χ2n) is 18.4. The molecule has 0 radical (unpaired) electrons. The van der Waals surface area contributed by atoms with E-state index in [1.54, 1.807) is 36.4 Å². The number of aryl methyl sites for hydroxylation is 1. The molecule has 71 heavy (non-hydrogen) atoms. The summed E-state index contributed by atoms with van der Waals surface area (Å²) < 4.78 is 6.80. The number of amides is 2. The van der Waals surface area contributed by atoms with Crippen molar-refractivity contribution >= 4 is 82.9 Å². The Balaban J connectivity index is 0.992. The van der Waals surface area contributed by atoms with Gasteiger partial charge < -0.3 is 13.7 Å². The molecule has 10 aromatic carbocycles. The standard InChI is InChI=1S/C64H39N5O2/c1-39-19-26-46(27-20-39)67-56-18-10-8-14-48(56)52-35-42(23-30-58(52)67)44-25-32-60-54(37-44)53-36-43(41-22-29-57-51(34-41)47-13-7-9-17-55(47)66(57)45-11-3-2-4-12-45)24-31-59(53)68(60)61-28-21-40(38-65)33-62(61)69-63(70)49-15-5-6-16-50(49)64(69)71/h2-37H,1H3. The van der Waals surface area contributed by atoms with Crippen molar-refractivity contribution in [1.29, 1.82) is 5.26 Å². The zero-order chi connectivity index (χ0) is 47.5. The zero-order valence-electron chi connectivity index (χ0n) is 38.3. The Bertz CT molecular complexity index is 4430. The summed E-state index contributed by atoms with van der Waals surface area (Å²) >= 11 is 0. The highest BCUT2D eigenvalue weighted by atomic mass is 16.2. The predicted molar refractivity (Wildman–Crippen MR) is 287 cm³/mol. The molecule has 3 aromatic heterocycles. The van der Waals surface area contributed by atoms with Crippen molar-refractivity contribution in [1.82, 2.24) is 13.7 Å². The second-order valence-corrected chi connectivity index (χ2v) is 18.4. The van der Waals surface area contributed by atoms with Crippen LogP contribution in [0.4, 0.5) is 5.69 Å². The monoisotopic (exact) mass is 909 g/mol. The number of carbonyl (C=O) groups excluding carboxylic acids is 2. The predicted octanol–water partition coefficient (Wildman–Crippen LogP) is 15.3. The van der Waals surface area contributed by atoms with Crippen LogP contribution in [-0.4, -0.2) is 25.5 Å². The molecule has 4 heterocycles. The van der Waals surface area contributed by atoms with Gasteiger partial charge in [0, 0.05) is 43.7 Å². The first-order valence-electron chi connectivity index (χ1n) is 23.7. The van der Waals surface area contributed by atoms with E-state index in [0.29, 0.717) is 28.1 Å². The summed E-state index contributed by atoms with van der Waals surface area (Å²) in [6.07, 6.45) is 0. The zero-order valence-corrected chi connectivity index (χ0v) is 38.3. The quantitative estimate of drug-likeness (QED) is 0.156. The van der Waals surface area contributed by atoms with Gasteiger partial charge in [-0.2, -0.15) is 5.26 Å². The molecular weight excluding hydrogens is 871 g/mol. The number of hydrogen-bond donors (Lipinski definition) is 0. The maximum absolute atomic E-state index is 14.2. The van der Waals surface area contributed by atoms with Gasteiger partial charge in [0.25, 0.3) is 11.8 Å². The average Bonchev–Trinajstić information content (AvgIpc) is 4.12. The second kappa shape index (κ2) is 15.4. The minimum atomic E-state index is -0.421. The van der Waals surface area contributed by atoms with Gasteiger partial charge in [0.15, 0.2) is 0 Å². The van der Waals surface area contributed by atoms with E-state index in [1.807, 2.05) is 12.1 Å². The molecule has 0 fully saturated rings. The van der Waals surface area contributed by atoms with E-state index in [0.717, 1.165) is 88.3 Å². The van der Waals surface area contributed by atoms with Crippen molar-refractivity contribution < 1.29 is 9.59 Å². The normalized spacial score (nSPS) is 12.6. The van der Waals surface area contributed by atoms with E-state index in [2.05, 4.69) is 197 Å². The first kappa shape index (κ1) is 40.3. The Kier molecular flexibility index (Phi) is 8.73. The maximum atomic E-state index is 14.2. The molecule has 0 atom stereocenters. The van der Waals surface area contributed by atoms with Crippen molar-refractivity contribution in [2.45, 2.75) is 6.92 Å². The minimum Gasteiger partial charge on any atom is -0.309 e. The third-order valence-electron chi connectivity index (χ3n) is 14.5. The summed E-state index contributed by atoms with van der Waals surface area (Å²) in [7, 11) is 0. The Morgan fingerprint density at radius 1 is 0.352 bits per heavy atom. The number of nitrogens with zero attached hydrogens (tertiary/aromatic N) is 5. The molecule has 14 rings (SSSR count). The molecule has 1 aliphatic rings. The number of para-hydroxylation sites is 3. The first-order valence-corrected chi connectivity index (χ1v) is 23.7. The Morgan fingerprint density at radius 2 is 0.761 bits per heavy atom. The van der Waals surface area contributed by atoms with Crippen molar-refractivity contribution in [3.63, 3.8) is 0 Å². The van der Waals surface area contributed by atoms with Gasteiger partial charge in [0.2, 0.25) is 0 Å². The van der Waals surface area contributed by atoms with Crippen LogP contribution in [0.25, 0.3) is 105 Å².